The van der Waals surface area contributed by atoms with Gasteiger partial charge in [-0.15, -0.1) is 0 Å². The van der Waals surface area contributed by atoms with Crippen LogP contribution in [0.4, 0.5) is 10.5 Å². The molecular formula is C16H22N2O3. The Kier molecular flexibility index (Phi) is 4.83. The first-order chi connectivity index (χ1) is 10.0. The van der Waals surface area contributed by atoms with Crippen molar-refractivity contribution in [2.24, 2.45) is 5.92 Å². The predicted molar refractivity (Wildman–Crippen MR) is 81.5 cm³/mol. The largest absolute Gasteiger partial charge is 0.447 e. The molecular weight excluding hydrogens is 268 g/mol. The maximum absolute atomic E-state index is 11.9. The van der Waals surface area contributed by atoms with Crippen molar-refractivity contribution in [2.75, 3.05) is 18.1 Å². The first-order valence-corrected chi connectivity index (χ1v) is 7.38. The van der Waals surface area contributed by atoms with Crippen LogP contribution in [0.1, 0.15) is 37.6 Å². The Bertz CT molecular complexity index is 511. The maximum Gasteiger partial charge on any atom is 0.414 e. The van der Waals surface area contributed by atoms with Crippen molar-refractivity contribution in [3.05, 3.63) is 29.8 Å². The summed E-state index contributed by atoms with van der Waals surface area (Å²) < 4.78 is 5.13. The number of carbonyl (C=O) groups is 2. The minimum absolute atomic E-state index is 0.0391. The van der Waals surface area contributed by atoms with Gasteiger partial charge in [0.1, 0.15) is 6.61 Å². The number of cyclic esters (lactones) is 1. The van der Waals surface area contributed by atoms with E-state index in [9.17, 15) is 9.59 Å². The van der Waals surface area contributed by atoms with Gasteiger partial charge in [0.2, 0.25) is 0 Å². The minimum Gasteiger partial charge on any atom is -0.447 e. The van der Waals surface area contributed by atoms with E-state index < -0.39 is 0 Å². The van der Waals surface area contributed by atoms with Gasteiger partial charge in [0.25, 0.3) is 5.91 Å². The zero-order chi connectivity index (χ0) is 15.4. The molecule has 1 aliphatic rings. The van der Waals surface area contributed by atoms with Gasteiger partial charge < -0.3 is 10.1 Å². The molecule has 0 radical (unpaired) electrons. The summed E-state index contributed by atoms with van der Waals surface area (Å²) in [6, 6.07) is 7.11. The van der Waals surface area contributed by atoms with Crippen molar-refractivity contribution in [2.45, 2.75) is 33.2 Å². The minimum atomic E-state index is -0.322. The predicted octanol–water partition coefficient (Wildman–Crippen LogP) is 2.81. The highest BCUT2D eigenvalue weighted by atomic mass is 16.6. The fourth-order valence-corrected chi connectivity index (χ4v) is 2.34. The molecule has 1 fully saturated rings. The van der Waals surface area contributed by atoms with Crippen LogP contribution in [0.5, 0.6) is 0 Å². The first kappa shape index (κ1) is 15.4. The van der Waals surface area contributed by atoms with Gasteiger partial charge in [-0.2, -0.15) is 0 Å². The smallest absolute Gasteiger partial charge is 0.414 e. The molecule has 1 aromatic carbocycles. The van der Waals surface area contributed by atoms with Gasteiger partial charge in [-0.1, -0.05) is 20.8 Å². The zero-order valence-corrected chi connectivity index (χ0v) is 12.8. The molecule has 0 aliphatic carbocycles. The lowest BCUT2D eigenvalue weighted by molar-refractivity contribution is 0.0953. The molecule has 0 saturated carbocycles. The standard InChI is InChI=1S/C16H22N2O3/c1-4-9-17-15(19)12-5-7-13(8-6-12)18-14(11(2)3)10-21-16(18)20/h5-8,11,14H,4,9-10H2,1-3H3,(H,17,19)/t14-/m1/s1. The third-order valence-corrected chi connectivity index (χ3v) is 3.62. The fraction of sp³-hybridized carbons (Fsp3) is 0.500. The number of amides is 2. The van der Waals surface area contributed by atoms with Crippen LogP contribution < -0.4 is 10.2 Å². The molecule has 1 aromatic rings. The van der Waals surface area contributed by atoms with E-state index in [0.29, 0.717) is 24.6 Å². The molecule has 1 N–H and O–H groups in total. The normalized spacial score (nSPS) is 18.0. The Morgan fingerprint density at radius 3 is 2.62 bits per heavy atom. The van der Waals surface area contributed by atoms with E-state index in [1.807, 2.05) is 6.92 Å². The molecule has 5 nitrogen and oxygen atoms in total. The fourth-order valence-electron chi connectivity index (χ4n) is 2.34. The quantitative estimate of drug-likeness (QED) is 0.907. The Hall–Kier alpha value is -2.04. The van der Waals surface area contributed by atoms with Crippen LogP contribution in [0.2, 0.25) is 0 Å². The Balaban J connectivity index is 2.14. The lowest BCUT2D eigenvalue weighted by Gasteiger charge is -2.24. The van der Waals surface area contributed by atoms with Gasteiger partial charge in [0.05, 0.1) is 6.04 Å². The van der Waals surface area contributed by atoms with Gasteiger partial charge >= 0.3 is 6.09 Å². The van der Waals surface area contributed by atoms with Crippen molar-refractivity contribution in [1.82, 2.24) is 5.32 Å². The molecule has 114 valence electrons. The maximum atomic E-state index is 11.9. The number of benzene rings is 1. The van der Waals surface area contributed by atoms with Crippen molar-refractivity contribution in [3.8, 4) is 0 Å². The van der Waals surface area contributed by atoms with Gasteiger partial charge in [0, 0.05) is 17.8 Å². The summed E-state index contributed by atoms with van der Waals surface area (Å²) in [4.78, 5) is 25.4. The number of nitrogens with zero attached hydrogens (tertiary/aromatic N) is 1. The molecule has 1 heterocycles. The average molecular weight is 290 g/mol. The second-order valence-electron chi connectivity index (χ2n) is 5.56. The van der Waals surface area contributed by atoms with E-state index in [1.54, 1.807) is 29.2 Å². The number of ether oxygens (including phenoxy) is 1. The van der Waals surface area contributed by atoms with E-state index in [4.69, 9.17) is 4.74 Å². The van der Waals surface area contributed by atoms with E-state index in [-0.39, 0.29) is 18.0 Å². The molecule has 1 atom stereocenters. The van der Waals surface area contributed by atoms with E-state index in [0.717, 1.165) is 12.1 Å². The summed E-state index contributed by atoms with van der Waals surface area (Å²) in [5.74, 6) is 0.219. The van der Waals surface area contributed by atoms with Gasteiger partial charge in [-0.05, 0) is 36.6 Å². The van der Waals surface area contributed by atoms with E-state index >= 15 is 0 Å². The molecule has 2 rings (SSSR count). The summed E-state index contributed by atoms with van der Waals surface area (Å²) in [6.07, 6.45) is 0.580. The number of hydrogen-bond acceptors (Lipinski definition) is 3. The van der Waals surface area contributed by atoms with Crippen LogP contribution in [0.25, 0.3) is 0 Å². The third kappa shape index (κ3) is 3.35. The second-order valence-corrected chi connectivity index (χ2v) is 5.56. The van der Waals surface area contributed by atoms with Crippen molar-refractivity contribution in [1.29, 1.82) is 0 Å². The third-order valence-electron chi connectivity index (χ3n) is 3.62. The van der Waals surface area contributed by atoms with E-state index in [2.05, 4.69) is 19.2 Å². The summed E-state index contributed by atoms with van der Waals surface area (Å²) in [5.41, 5.74) is 1.36. The van der Waals surface area contributed by atoms with Gasteiger partial charge in [-0.3, -0.25) is 9.69 Å². The summed E-state index contributed by atoms with van der Waals surface area (Å²) in [5, 5.41) is 2.83. The summed E-state index contributed by atoms with van der Waals surface area (Å²) >= 11 is 0. The van der Waals surface area contributed by atoms with E-state index in [1.165, 1.54) is 0 Å². The Morgan fingerprint density at radius 1 is 1.38 bits per heavy atom. The number of carbonyl (C=O) groups excluding carboxylic acids is 2. The molecule has 1 aliphatic heterocycles. The highest BCUT2D eigenvalue weighted by Crippen LogP contribution is 2.27. The highest BCUT2D eigenvalue weighted by Gasteiger charge is 2.36. The van der Waals surface area contributed by atoms with Crippen molar-refractivity contribution in [3.63, 3.8) is 0 Å². The van der Waals surface area contributed by atoms with Crippen LogP contribution in [0, 0.1) is 5.92 Å². The lowest BCUT2D eigenvalue weighted by Crippen LogP contribution is -2.37. The molecule has 1 saturated heterocycles. The van der Waals surface area contributed by atoms with Crippen LogP contribution in [-0.2, 0) is 4.74 Å². The summed E-state index contributed by atoms with van der Waals surface area (Å²) in [6.45, 7) is 7.20. The zero-order valence-electron chi connectivity index (χ0n) is 12.8. The Morgan fingerprint density at radius 2 is 2.05 bits per heavy atom. The van der Waals surface area contributed by atoms with Crippen LogP contribution in [-0.4, -0.2) is 31.2 Å². The first-order valence-electron chi connectivity index (χ1n) is 7.38. The molecule has 0 spiro atoms. The van der Waals surface area contributed by atoms with Gasteiger partial charge in [-0.25, -0.2) is 4.79 Å². The molecule has 0 bridgehead atoms. The molecule has 5 heteroatoms. The van der Waals surface area contributed by atoms with Crippen molar-refractivity contribution < 1.29 is 14.3 Å². The topological polar surface area (TPSA) is 58.6 Å². The highest BCUT2D eigenvalue weighted by molar-refractivity contribution is 5.95. The monoisotopic (exact) mass is 290 g/mol. The SMILES string of the molecule is CCCNC(=O)c1ccc(N2C(=O)OC[C@@H]2C(C)C)cc1. The number of hydrogen-bond donors (Lipinski definition) is 1. The van der Waals surface area contributed by atoms with Crippen LogP contribution in [0.15, 0.2) is 24.3 Å². The lowest BCUT2D eigenvalue weighted by atomic mass is 10.0. The van der Waals surface area contributed by atoms with Crippen molar-refractivity contribution >= 4 is 17.7 Å². The Labute approximate surface area is 125 Å². The van der Waals surface area contributed by atoms with Crippen LogP contribution in [0.3, 0.4) is 0 Å². The number of anilines is 1. The second kappa shape index (κ2) is 6.61. The summed E-state index contributed by atoms with van der Waals surface area (Å²) in [7, 11) is 0. The molecule has 0 aromatic heterocycles. The van der Waals surface area contributed by atoms with Crippen LogP contribution >= 0.6 is 0 Å². The number of rotatable bonds is 5. The average Bonchev–Trinajstić information content (AvgIpc) is 2.87. The molecule has 2 amide bonds. The van der Waals surface area contributed by atoms with Gasteiger partial charge in [0.15, 0.2) is 0 Å². The molecule has 21 heavy (non-hydrogen) atoms. The molecule has 0 unspecified atom stereocenters. The number of nitrogens with one attached hydrogen (secondary N) is 1.